The van der Waals surface area contributed by atoms with Crippen molar-refractivity contribution in [1.82, 2.24) is 24.1 Å². The molecule has 0 unspecified atom stereocenters. The first kappa shape index (κ1) is 18.9. The number of rotatable bonds is 3. The van der Waals surface area contributed by atoms with Crippen molar-refractivity contribution >= 4 is 21.4 Å². The zero-order chi connectivity index (χ0) is 20.1. The van der Waals surface area contributed by atoms with E-state index in [2.05, 4.69) is 21.1 Å². The molecule has 10 heteroatoms. The number of aromatic nitrogens is 4. The summed E-state index contributed by atoms with van der Waals surface area (Å²) in [5.41, 5.74) is 1.62. The number of hydrogen-bond donors (Lipinski definition) is 0. The standard InChI is InChI=1S/C19H21N5O3S2/c1-23-13-14(11-22-23)29(25,26)24-7-3-19(4-8-24)15-10-18(16-12-20-5-6-21-16)28-17(15)2-9-27-19/h5-6,10-13H,2-4,7-9H2,1H3. The third kappa shape index (κ3) is 3.20. The summed E-state index contributed by atoms with van der Waals surface area (Å²) in [7, 11) is -1.82. The largest absolute Gasteiger partial charge is 0.370 e. The van der Waals surface area contributed by atoms with Gasteiger partial charge >= 0.3 is 0 Å². The van der Waals surface area contributed by atoms with E-state index in [0.29, 0.717) is 32.5 Å². The number of hydrogen-bond acceptors (Lipinski definition) is 7. The van der Waals surface area contributed by atoms with Crippen molar-refractivity contribution in [1.29, 1.82) is 0 Å². The molecule has 3 aromatic heterocycles. The van der Waals surface area contributed by atoms with Gasteiger partial charge in [-0.05, 0) is 24.5 Å². The molecule has 5 heterocycles. The highest BCUT2D eigenvalue weighted by Gasteiger charge is 2.44. The molecule has 1 spiro atoms. The molecule has 1 saturated heterocycles. The predicted octanol–water partition coefficient (Wildman–Crippen LogP) is 2.19. The Morgan fingerprint density at radius 2 is 2.03 bits per heavy atom. The number of aryl methyl sites for hydroxylation is 1. The van der Waals surface area contributed by atoms with Crippen LogP contribution in [-0.2, 0) is 33.8 Å². The van der Waals surface area contributed by atoms with Gasteiger partial charge in [-0.15, -0.1) is 11.3 Å². The summed E-state index contributed by atoms with van der Waals surface area (Å²) in [6.07, 6.45) is 10.2. The predicted molar refractivity (Wildman–Crippen MR) is 108 cm³/mol. The normalized spacial score (nSPS) is 19.3. The van der Waals surface area contributed by atoms with Crippen LogP contribution in [0.15, 0.2) is 41.9 Å². The van der Waals surface area contributed by atoms with Crippen molar-refractivity contribution in [3.05, 3.63) is 47.5 Å². The molecule has 0 atom stereocenters. The number of thiophene rings is 1. The Labute approximate surface area is 173 Å². The summed E-state index contributed by atoms with van der Waals surface area (Å²) in [6.45, 7) is 1.50. The number of fused-ring (bicyclic) bond motifs is 2. The maximum Gasteiger partial charge on any atom is 0.246 e. The van der Waals surface area contributed by atoms with E-state index in [0.717, 1.165) is 17.0 Å². The third-order valence-electron chi connectivity index (χ3n) is 5.67. The van der Waals surface area contributed by atoms with E-state index in [-0.39, 0.29) is 4.90 Å². The average Bonchev–Trinajstić information content (AvgIpc) is 3.37. The first-order chi connectivity index (χ1) is 14.0. The monoisotopic (exact) mass is 431 g/mol. The summed E-state index contributed by atoms with van der Waals surface area (Å²) >= 11 is 1.74. The quantitative estimate of drug-likeness (QED) is 0.631. The van der Waals surface area contributed by atoms with Gasteiger partial charge in [0.05, 0.1) is 35.2 Å². The van der Waals surface area contributed by atoms with Crippen LogP contribution in [0.4, 0.5) is 0 Å². The molecule has 0 N–H and O–H groups in total. The SMILES string of the molecule is Cn1cc(S(=O)(=O)N2CCC3(CC2)OCCc2sc(-c4cnccn4)cc23)cn1. The van der Waals surface area contributed by atoms with Gasteiger partial charge in [-0.1, -0.05) is 0 Å². The zero-order valence-corrected chi connectivity index (χ0v) is 17.6. The van der Waals surface area contributed by atoms with Crippen molar-refractivity contribution in [2.24, 2.45) is 7.05 Å². The minimum Gasteiger partial charge on any atom is -0.370 e. The van der Waals surface area contributed by atoms with Crippen LogP contribution in [0.1, 0.15) is 23.3 Å². The Morgan fingerprint density at radius 1 is 1.21 bits per heavy atom. The van der Waals surface area contributed by atoms with Gasteiger partial charge in [0.2, 0.25) is 10.0 Å². The Balaban J connectivity index is 1.41. The summed E-state index contributed by atoms with van der Waals surface area (Å²) in [5.74, 6) is 0. The summed E-state index contributed by atoms with van der Waals surface area (Å²) in [6, 6.07) is 2.16. The first-order valence-electron chi connectivity index (χ1n) is 9.50. The second kappa shape index (κ2) is 6.98. The van der Waals surface area contributed by atoms with Gasteiger partial charge in [0, 0.05) is 50.0 Å². The lowest BCUT2D eigenvalue weighted by atomic mass is 9.83. The highest BCUT2D eigenvalue weighted by Crippen LogP contribution is 2.46. The van der Waals surface area contributed by atoms with Gasteiger partial charge in [-0.2, -0.15) is 9.40 Å². The van der Waals surface area contributed by atoms with E-state index < -0.39 is 15.6 Å². The maximum absolute atomic E-state index is 12.9. The van der Waals surface area contributed by atoms with Crippen molar-refractivity contribution < 1.29 is 13.2 Å². The van der Waals surface area contributed by atoms with Gasteiger partial charge in [-0.25, -0.2) is 8.42 Å². The summed E-state index contributed by atoms with van der Waals surface area (Å²) in [5, 5.41) is 4.00. The van der Waals surface area contributed by atoms with Crippen LogP contribution in [0.5, 0.6) is 0 Å². The highest BCUT2D eigenvalue weighted by molar-refractivity contribution is 7.89. The van der Waals surface area contributed by atoms with E-state index in [1.165, 1.54) is 21.3 Å². The fraction of sp³-hybridized carbons (Fsp3) is 0.421. The smallest absolute Gasteiger partial charge is 0.246 e. The molecule has 152 valence electrons. The van der Waals surface area contributed by atoms with E-state index in [1.807, 2.05) is 0 Å². The minimum absolute atomic E-state index is 0.238. The molecular weight excluding hydrogens is 410 g/mol. The van der Waals surface area contributed by atoms with Crippen molar-refractivity contribution in [2.75, 3.05) is 19.7 Å². The first-order valence-corrected chi connectivity index (χ1v) is 11.8. The molecule has 8 nitrogen and oxygen atoms in total. The molecule has 29 heavy (non-hydrogen) atoms. The number of nitrogens with zero attached hydrogens (tertiary/aromatic N) is 5. The highest BCUT2D eigenvalue weighted by atomic mass is 32.2. The molecule has 0 saturated carbocycles. The van der Waals surface area contributed by atoms with Crippen LogP contribution in [0.3, 0.4) is 0 Å². The van der Waals surface area contributed by atoms with Gasteiger partial charge in [0.1, 0.15) is 4.90 Å². The Hall–Kier alpha value is -2.14. The number of ether oxygens (including phenoxy) is 1. The Morgan fingerprint density at radius 3 is 2.72 bits per heavy atom. The second-order valence-corrected chi connectivity index (χ2v) is 10.5. The summed E-state index contributed by atoms with van der Waals surface area (Å²) < 4.78 is 35.2. The average molecular weight is 432 g/mol. The topological polar surface area (TPSA) is 90.2 Å². The molecule has 0 radical (unpaired) electrons. The van der Waals surface area contributed by atoms with Crippen LogP contribution in [0.25, 0.3) is 10.6 Å². The van der Waals surface area contributed by atoms with Gasteiger partial charge in [-0.3, -0.25) is 14.6 Å². The fourth-order valence-corrected chi connectivity index (χ4v) is 6.77. The van der Waals surface area contributed by atoms with E-state index in [1.54, 1.807) is 47.5 Å². The van der Waals surface area contributed by atoms with Crippen molar-refractivity contribution in [2.45, 2.75) is 29.8 Å². The lowest BCUT2D eigenvalue weighted by molar-refractivity contribution is -0.0882. The van der Waals surface area contributed by atoms with Gasteiger partial charge in [0.25, 0.3) is 0 Å². The van der Waals surface area contributed by atoms with Crippen LogP contribution in [-0.4, -0.2) is 52.2 Å². The second-order valence-electron chi connectivity index (χ2n) is 7.38. The third-order valence-corrected chi connectivity index (χ3v) is 8.74. The van der Waals surface area contributed by atoms with Crippen LogP contribution in [0.2, 0.25) is 0 Å². The van der Waals surface area contributed by atoms with Gasteiger partial charge < -0.3 is 4.74 Å². The fourth-order valence-electron chi connectivity index (χ4n) is 4.15. The van der Waals surface area contributed by atoms with E-state index in [4.69, 9.17) is 4.74 Å². The Bertz CT molecular complexity index is 1130. The summed E-state index contributed by atoms with van der Waals surface area (Å²) in [4.78, 5) is 11.2. The molecule has 0 aromatic carbocycles. The van der Waals surface area contributed by atoms with Crippen LogP contribution >= 0.6 is 11.3 Å². The molecule has 1 fully saturated rings. The molecular formula is C19H21N5O3S2. The van der Waals surface area contributed by atoms with Crippen molar-refractivity contribution in [3.8, 4) is 10.6 Å². The molecule has 0 bridgehead atoms. The number of sulfonamides is 1. The molecule has 5 rings (SSSR count). The van der Waals surface area contributed by atoms with E-state index >= 15 is 0 Å². The lowest BCUT2D eigenvalue weighted by Gasteiger charge is -2.43. The number of piperidine rings is 1. The molecule has 2 aliphatic rings. The van der Waals surface area contributed by atoms with Gasteiger partial charge in [0.15, 0.2) is 0 Å². The van der Waals surface area contributed by atoms with Crippen molar-refractivity contribution in [3.63, 3.8) is 0 Å². The molecule has 0 aliphatic carbocycles. The molecule has 0 amide bonds. The lowest BCUT2D eigenvalue weighted by Crippen LogP contribution is -2.47. The van der Waals surface area contributed by atoms with E-state index in [9.17, 15) is 8.42 Å². The molecule has 2 aliphatic heterocycles. The maximum atomic E-state index is 12.9. The minimum atomic E-state index is -3.53. The van der Waals surface area contributed by atoms with Crippen LogP contribution < -0.4 is 0 Å². The Kier molecular flexibility index (Phi) is 4.54. The molecule has 3 aromatic rings. The zero-order valence-electron chi connectivity index (χ0n) is 16.0. The van der Waals surface area contributed by atoms with Crippen LogP contribution in [0, 0.1) is 0 Å².